The highest BCUT2D eigenvalue weighted by Gasteiger charge is 2.14. The number of H-pyrrole nitrogens is 1. The minimum absolute atomic E-state index is 0.0933. The fraction of sp³-hybridized carbons (Fsp3) is 0.235. The van der Waals surface area contributed by atoms with Gasteiger partial charge in [-0.2, -0.15) is 0 Å². The lowest BCUT2D eigenvalue weighted by molar-refractivity contribution is 0.553. The van der Waals surface area contributed by atoms with E-state index in [1.165, 1.54) is 5.56 Å². The van der Waals surface area contributed by atoms with Gasteiger partial charge in [0.15, 0.2) is 5.58 Å². The second-order valence-corrected chi connectivity index (χ2v) is 5.07. The maximum absolute atomic E-state index is 11.3. The van der Waals surface area contributed by atoms with Crippen molar-refractivity contribution in [2.24, 2.45) is 0 Å². The fourth-order valence-electron chi connectivity index (χ4n) is 2.50. The van der Waals surface area contributed by atoms with Crippen molar-refractivity contribution in [2.75, 3.05) is 6.54 Å². The minimum Gasteiger partial charge on any atom is -0.408 e. The highest BCUT2D eigenvalue weighted by Crippen LogP contribution is 2.24. The average Bonchev–Trinajstić information content (AvgIpc) is 2.88. The summed E-state index contributed by atoms with van der Waals surface area (Å²) in [5, 5.41) is 3.54. The van der Waals surface area contributed by atoms with Gasteiger partial charge in [-0.1, -0.05) is 43.3 Å². The van der Waals surface area contributed by atoms with E-state index in [-0.39, 0.29) is 6.04 Å². The zero-order valence-corrected chi connectivity index (χ0v) is 11.9. The summed E-state index contributed by atoms with van der Waals surface area (Å²) >= 11 is 0. The van der Waals surface area contributed by atoms with E-state index in [1.807, 2.05) is 36.4 Å². The van der Waals surface area contributed by atoms with Crippen LogP contribution < -0.4 is 11.1 Å². The SMILES string of the molecule is CCCNC(c1ccccc1)c1ccc2[nH]c(=O)oc2c1. The summed E-state index contributed by atoms with van der Waals surface area (Å²) in [5.74, 6) is -0.417. The van der Waals surface area contributed by atoms with Crippen LogP contribution >= 0.6 is 0 Å². The first kappa shape index (κ1) is 13.6. The van der Waals surface area contributed by atoms with Crippen LogP contribution in [0.4, 0.5) is 0 Å². The van der Waals surface area contributed by atoms with Crippen molar-refractivity contribution in [3.8, 4) is 0 Å². The smallest absolute Gasteiger partial charge is 0.408 e. The molecule has 0 aliphatic carbocycles. The number of hydrogen-bond donors (Lipinski definition) is 2. The van der Waals surface area contributed by atoms with Crippen molar-refractivity contribution in [2.45, 2.75) is 19.4 Å². The molecule has 0 saturated carbocycles. The largest absolute Gasteiger partial charge is 0.417 e. The van der Waals surface area contributed by atoms with Gasteiger partial charge < -0.3 is 9.73 Å². The number of nitrogens with one attached hydrogen (secondary N) is 2. The molecule has 1 unspecified atom stereocenters. The Morgan fingerprint density at radius 1 is 1.14 bits per heavy atom. The van der Waals surface area contributed by atoms with E-state index >= 15 is 0 Å². The maximum Gasteiger partial charge on any atom is 0.417 e. The first-order chi connectivity index (χ1) is 10.3. The van der Waals surface area contributed by atoms with Crippen molar-refractivity contribution in [1.82, 2.24) is 10.3 Å². The molecule has 2 N–H and O–H groups in total. The van der Waals surface area contributed by atoms with E-state index in [0.717, 1.165) is 24.0 Å². The van der Waals surface area contributed by atoms with Crippen LogP contribution in [0, 0.1) is 0 Å². The minimum atomic E-state index is -0.417. The molecular weight excluding hydrogens is 264 g/mol. The van der Waals surface area contributed by atoms with Gasteiger partial charge in [-0.3, -0.25) is 4.98 Å². The Bertz CT molecular complexity index is 774. The topological polar surface area (TPSA) is 58.0 Å². The van der Waals surface area contributed by atoms with E-state index in [1.54, 1.807) is 0 Å². The number of rotatable bonds is 5. The zero-order chi connectivity index (χ0) is 14.7. The lowest BCUT2D eigenvalue weighted by Gasteiger charge is -2.19. The van der Waals surface area contributed by atoms with E-state index in [9.17, 15) is 4.79 Å². The monoisotopic (exact) mass is 282 g/mol. The quantitative estimate of drug-likeness (QED) is 0.755. The highest BCUT2D eigenvalue weighted by molar-refractivity contribution is 5.73. The number of aromatic amines is 1. The van der Waals surface area contributed by atoms with Gasteiger partial charge in [0, 0.05) is 0 Å². The molecule has 4 nitrogen and oxygen atoms in total. The van der Waals surface area contributed by atoms with Gasteiger partial charge in [-0.15, -0.1) is 0 Å². The lowest BCUT2D eigenvalue weighted by Crippen LogP contribution is -2.23. The van der Waals surface area contributed by atoms with Crippen LogP contribution in [0.15, 0.2) is 57.7 Å². The molecule has 21 heavy (non-hydrogen) atoms. The van der Waals surface area contributed by atoms with Gasteiger partial charge in [-0.25, -0.2) is 4.79 Å². The molecule has 1 heterocycles. The molecule has 4 heteroatoms. The molecule has 1 atom stereocenters. The normalized spacial score (nSPS) is 12.6. The average molecular weight is 282 g/mol. The summed E-state index contributed by atoms with van der Waals surface area (Å²) < 4.78 is 5.16. The first-order valence-electron chi connectivity index (χ1n) is 7.19. The van der Waals surface area contributed by atoms with Gasteiger partial charge in [0.1, 0.15) is 0 Å². The van der Waals surface area contributed by atoms with Gasteiger partial charge in [0.05, 0.1) is 11.6 Å². The molecule has 3 rings (SSSR count). The zero-order valence-electron chi connectivity index (χ0n) is 11.9. The third-order valence-electron chi connectivity index (χ3n) is 3.51. The third-order valence-corrected chi connectivity index (χ3v) is 3.51. The Morgan fingerprint density at radius 2 is 1.95 bits per heavy atom. The predicted octanol–water partition coefficient (Wildman–Crippen LogP) is 3.21. The van der Waals surface area contributed by atoms with Crippen molar-refractivity contribution in [3.63, 3.8) is 0 Å². The van der Waals surface area contributed by atoms with Crippen LogP contribution in [0.3, 0.4) is 0 Å². The molecule has 0 amide bonds. The standard InChI is InChI=1S/C17H18N2O2/c1-2-10-18-16(12-6-4-3-5-7-12)13-8-9-14-15(11-13)21-17(20)19-14/h3-9,11,16,18H,2,10H2,1H3,(H,19,20). The summed E-state index contributed by atoms with van der Waals surface area (Å²) in [6.07, 6.45) is 1.06. The van der Waals surface area contributed by atoms with E-state index in [4.69, 9.17) is 4.42 Å². The lowest BCUT2D eigenvalue weighted by atomic mass is 9.98. The summed E-state index contributed by atoms with van der Waals surface area (Å²) in [4.78, 5) is 13.9. The maximum atomic E-state index is 11.3. The van der Waals surface area contributed by atoms with E-state index < -0.39 is 5.76 Å². The third kappa shape index (κ3) is 2.90. The van der Waals surface area contributed by atoms with Crippen LogP contribution in [0.5, 0.6) is 0 Å². The second-order valence-electron chi connectivity index (χ2n) is 5.07. The molecule has 0 aliphatic heterocycles. The van der Waals surface area contributed by atoms with Crippen molar-refractivity contribution < 1.29 is 4.42 Å². The van der Waals surface area contributed by atoms with Crippen molar-refractivity contribution >= 4 is 11.1 Å². The molecular formula is C17H18N2O2. The Balaban J connectivity index is 2.02. The molecule has 2 aromatic carbocycles. The van der Waals surface area contributed by atoms with Crippen LogP contribution in [-0.2, 0) is 0 Å². The first-order valence-corrected chi connectivity index (χ1v) is 7.19. The second kappa shape index (κ2) is 5.97. The van der Waals surface area contributed by atoms with Gasteiger partial charge >= 0.3 is 5.76 Å². The molecule has 0 radical (unpaired) electrons. The molecule has 0 bridgehead atoms. The molecule has 108 valence electrons. The van der Waals surface area contributed by atoms with Crippen LogP contribution in [0.1, 0.15) is 30.5 Å². The van der Waals surface area contributed by atoms with Crippen LogP contribution in [-0.4, -0.2) is 11.5 Å². The van der Waals surface area contributed by atoms with E-state index in [2.05, 4.69) is 29.4 Å². The van der Waals surface area contributed by atoms with Gasteiger partial charge in [-0.05, 0) is 36.2 Å². The van der Waals surface area contributed by atoms with E-state index in [0.29, 0.717) is 5.58 Å². The summed E-state index contributed by atoms with van der Waals surface area (Å²) in [6.45, 7) is 3.07. The molecule has 0 aliphatic rings. The number of hydrogen-bond acceptors (Lipinski definition) is 3. The Kier molecular flexibility index (Phi) is 3.88. The highest BCUT2D eigenvalue weighted by atomic mass is 16.4. The number of fused-ring (bicyclic) bond motifs is 1. The van der Waals surface area contributed by atoms with Gasteiger partial charge in [0.2, 0.25) is 0 Å². The number of aromatic nitrogens is 1. The Hall–Kier alpha value is -2.33. The van der Waals surface area contributed by atoms with Crippen LogP contribution in [0.2, 0.25) is 0 Å². The predicted molar refractivity (Wildman–Crippen MR) is 83.4 cm³/mol. The van der Waals surface area contributed by atoms with Gasteiger partial charge in [0.25, 0.3) is 0 Å². The molecule has 0 saturated heterocycles. The van der Waals surface area contributed by atoms with Crippen LogP contribution in [0.25, 0.3) is 11.1 Å². The summed E-state index contributed by atoms with van der Waals surface area (Å²) in [5.41, 5.74) is 3.61. The fourth-order valence-corrected chi connectivity index (χ4v) is 2.50. The Labute approximate surface area is 122 Å². The molecule has 1 aromatic heterocycles. The van der Waals surface area contributed by atoms with Crippen molar-refractivity contribution in [3.05, 3.63) is 70.2 Å². The summed E-state index contributed by atoms with van der Waals surface area (Å²) in [7, 11) is 0. The number of benzene rings is 2. The summed E-state index contributed by atoms with van der Waals surface area (Å²) in [6, 6.07) is 16.2. The number of oxazole rings is 1. The Morgan fingerprint density at radius 3 is 2.71 bits per heavy atom. The van der Waals surface area contributed by atoms with Crippen molar-refractivity contribution in [1.29, 1.82) is 0 Å². The molecule has 0 spiro atoms. The molecule has 0 fully saturated rings. The molecule has 3 aromatic rings.